The van der Waals surface area contributed by atoms with Crippen molar-refractivity contribution in [3.05, 3.63) is 35.8 Å². The molecule has 2 aromatic rings. The Morgan fingerprint density at radius 3 is 2.74 bits per heavy atom. The number of carbonyl (C=O) groups excluding carboxylic acids is 2. The number of aromatic nitrogens is 3. The number of piperidine rings is 1. The summed E-state index contributed by atoms with van der Waals surface area (Å²) in [5, 5.41) is 2.65. The number of esters is 1. The number of anilines is 1. The van der Waals surface area contributed by atoms with Gasteiger partial charge in [0.15, 0.2) is 5.82 Å². The molecule has 1 saturated heterocycles. The molecule has 4 heterocycles. The van der Waals surface area contributed by atoms with Gasteiger partial charge in [0.25, 0.3) is 0 Å². The van der Waals surface area contributed by atoms with E-state index in [9.17, 15) is 9.59 Å². The number of carbonyl (C=O) groups is 2. The van der Waals surface area contributed by atoms with Crippen molar-refractivity contribution in [1.29, 1.82) is 0 Å². The zero-order valence-corrected chi connectivity index (χ0v) is 17.8. The lowest BCUT2D eigenvalue weighted by molar-refractivity contribution is -0.141. The highest BCUT2D eigenvalue weighted by Crippen LogP contribution is 2.31. The van der Waals surface area contributed by atoms with Gasteiger partial charge in [-0.1, -0.05) is 0 Å². The van der Waals surface area contributed by atoms with Crippen LogP contribution >= 0.6 is 0 Å². The first kappa shape index (κ1) is 21.0. The van der Waals surface area contributed by atoms with Crippen LogP contribution in [0.4, 0.5) is 10.6 Å². The lowest BCUT2D eigenvalue weighted by atomic mass is 10.0. The summed E-state index contributed by atoms with van der Waals surface area (Å²) in [6, 6.07) is 3.57. The van der Waals surface area contributed by atoms with Crippen LogP contribution in [0.3, 0.4) is 0 Å². The fourth-order valence-corrected chi connectivity index (χ4v) is 4.03. The van der Waals surface area contributed by atoms with E-state index in [1.54, 1.807) is 24.2 Å². The monoisotopic (exact) mass is 424 g/mol. The van der Waals surface area contributed by atoms with Crippen molar-refractivity contribution in [2.45, 2.75) is 39.2 Å². The molecule has 0 atom stereocenters. The number of urea groups is 1. The van der Waals surface area contributed by atoms with E-state index in [2.05, 4.69) is 15.2 Å². The van der Waals surface area contributed by atoms with Gasteiger partial charge in [0, 0.05) is 49.6 Å². The molecule has 0 aromatic carbocycles. The molecule has 9 heteroatoms. The van der Waals surface area contributed by atoms with Crippen LogP contribution in [0.5, 0.6) is 0 Å². The Labute approximate surface area is 181 Å². The molecule has 2 aromatic heterocycles. The van der Waals surface area contributed by atoms with Crippen LogP contribution in [0.15, 0.2) is 24.5 Å². The van der Waals surface area contributed by atoms with Crippen LogP contribution in [0, 0.1) is 0 Å². The fourth-order valence-electron chi connectivity index (χ4n) is 4.03. The zero-order valence-electron chi connectivity index (χ0n) is 17.8. The summed E-state index contributed by atoms with van der Waals surface area (Å²) in [7, 11) is 0. The number of pyridine rings is 1. The zero-order chi connectivity index (χ0) is 21.6. The predicted octanol–water partition coefficient (Wildman–Crippen LogP) is 2.16. The standard InChI is InChI=1S/C22H28N6O3/c1-2-31-19(29)14-24-22(30)28-12-8-18-17(15-28)21(27-10-4-3-5-11-27)26-20(25-18)16-7-6-9-23-13-16/h6-7,9,13H,2-5,8,10-12,14-15H2,1H3,(H,24,30). The second kappa shape index (κ2) is 9.72. The number of hydrogen-bond donors (Lipinski definition) is 1. The molecule has 0 spiro atoms. The number of nitrogens with one attached hydrogen (secondary N) is 1. The summed E-state index contributed by atoms with van der Waals surface area (Å²) in [5.41, 5.74) is 2.86. The van der Waals surface area contributed by atoms with E-state index in [1.165, 1.54) is 6.42 Å². The molecule has 0 unspecified atom stereocenters. The smallest absolute Gasteiger partial charge is 0.325 e. The van der Waals surface area contributed by atoms with Gasteiger partial charge in [0.1, 0.15) is 12.4 Å². The maximum Gasteiger partial charge on any atom is 0.325 e. The van der Waals surface area contributed by atoms with E-state index in [-0.39, 0.29) is 12.6 Å². The van der Waals surface area contributed by atoms with Gasteiger partial charge in [0.05, 0.1) is 18.8 Å². The first-order chi connectivity index (χ1) is 15.2. The number of amides is 2. The topological polar surface area (TPSA) is 101 Å². The van der Waals surface area contributed by atoms with Gasteiger partial charge >= 0.3 is 12.0 Å². The van der Waals surface area contributed by atoms with Crippen molar-refractivity contribution in [1.82, 2.24) is 25.2 Å². The molecule has 0 bridgehead atoms. The molecule has 1 N–H and O–H groups in total. The van der Waals surface area contributed by atoms with Crippen LogP contribution in [0.2, 0.25) is 0 Å². The van der Waals surface area contributed by atoms with Crippen molar-refractivity contribution in [3.63, 3.8) is 0 Å². The van der Waals surface area contributed by atoms with Crippen molar-refractivity contribution in [2.75, 3.05) is 37.7 Å². The van der Waals surface area contributed by atoms with Crippen LogP contribution in [-0.4, -0.2) is 64.6 Å². The van der Waals surface area contributed by atoms with E-state index in [1.807, 2.05) is 12.1 Å². The molecule has 9 nitrogen and oxygen atoms in total. The minimum absolute atomic E-state index is 0.133. The van der Waals surface area contributed by atoms with Crippen molar-refractivity contribution >= 4 is 17.8 Å². The number of fused-ring (bicyclic) bond motifs is 1. The molecular formula is C22H28N6O3. The Hall–Kier alpha value is -3.23. The number of hydrogen-bond acceptors (Lipinski definition) is 7. The molecule has 2 aliphatic heterocycles. The molecule has 0 aliphatic carbocycles. The van der Waals surface area contributed by atoms with Crippen LogP contribution in [0.1, 0.15) is 37.4 Å². The van der Waals surface area contributed by atoms with Crippen LogP contribution < -0.4 is 10.2 Å². The average Bonchev–Trinajstić information content (AvgIpc) is 2.83. The molecule has 1 fully saturated rings. The molecule has 4 rings (SSSR count). The molecule has 164 valence electrons. The lowest BCUT2D eigenvalue weighted by Gasteiger charge is -2.34. The van der Waals surface area contributed by atoms with E-state index in [0.717, 1.165) is 48.6 Å². The normalized spacial score (nSPS) is 15.9. The summed E-state index contributed by atoms with van der Waals surface area (Å²) in [6.07, 6.45) is 7.63. The van der Waals surface area contributed by atoms with Gasteiger partial charge in [-0.2, -0.15) is 0 Å². The molecule has 31 heavy (non-hydrogen) atoms. The Kier molecular flexibility index (Phi) is 6.59. The molecule has 0 radical (unpaired) electrons. The summed E-state index contributed by atoms with van der Waals surface area (Å²) in [6.45, 7) is 4.75. The first-order valence-electron chi connectivity index (χ1n) is 10.9. The summed E-state index contributed by atoms with van der Waals surface area (Å²) in [4.78, 5) is 42.2. The highest BCUT2D eigenvalue weighted by atomic mass is 16.5. The van der Waals surface area contributed by atoms with E-state index in [0.29, 0.717) is 31.9 Å². The molecule has 2 amide bonds. The van der Waals surface area contributed by atoms with Crippen molar-refractivity contribution in [2.24, 2.45) is 0 Å². The third kappa shape index (κ3) is 4.92. The maximum absolute atomic E-state index is 12.6. The average molecular weight is 425 g/mol. The third-order valence-corrected chi connectivity index (χ3v) is 5.59. The number of rotatable bonds is 5. The lowest BCUT2D eigenvalue weighted by Crippen LogP contribution is -2.45. The van der Waals surface area contributed by atoms with Gasteiger partial charge < -0.3 is 19.9 Å². The quantitative estimate of drug-likeness (QED) is 0.734. The van der Waals surface area contributed by atoms with E-state index >= 15 is 0 Å². The van der Waals surface area contributed by atoms with Crippen LogP contribution in [-0.2, 0) is 22.5 Å². The summed E-state index contributed by atoms with van der Waals surface area (Å²) in [5.74, 6) is 1.14. The minimum Gasteiger partial charge on any atom is -0.465 e. The third-order valence-electron chi connectivity index (χ3n) is 5.59. The first-order valence-corrected chi connectivity index (χ1v) is 10.9. The van der Waals surface area contributed by atoms with Gasteiger partial charge in [-0.05, 0) is 38.3 Å². The van der Waals surface area contributed by atoms with E-state index < -0.39 is 5.97 Å². The Morgan fingerprint density at radius 2 is 2.00 bits per heavy atom. The van der Waals surface area contributed by atoms with Crippen molar-refractivity contribution < 1.29 is 14.3 Å². The summed E-state index contributed by atoms with van der Waals surface area (Å²) < 4.78 is 4.89. The second-order valence-corrected chi connectivity index (χ2v) is 7.72. The fraction of sp³-hybridized carbons (Fsp3) is 0.500. The SMILES string of the molecule is CCOC(=O)CNC(=O)N1CCc2nc(-c3cccnc3)nc(N3CCCCC3)c2C1. The van der Waals surface area contributed by atoms with Crippen LogP contribution in [0.25, 0.3) is 11.4 Å². The Morgan fingerprint density at radius 1 is 1.16 bits per heavy atom. The van der Waals surface area contributed by atoms with Crippen molar-refractivity contribution in [3.8, 4) is 11.4 Å². The number of ether oxygens (including phenoxy) is 1. The molecule has 0 saturated carbocycles. The second-order valence-electron chi connectivity index (χ2n) is 7.72. The maximum atomic E-state index is 12.6. The molecule has 2 aliphatic rings. The molecular weight excluding hydrogens is 396 g/mol. The highest BCUT2D eigenvalue weighted by Gasteiger charge is 2.28. The summed E-state index contributed by atoms with van der Waals surface area (Å²) >= 11 is 0. The largest absolute Gasteiger partial charge is 0.465 e. The van der Waals surface area contributed by atoms with Gasteiger partial charge in [-0.25, -0.2) is 14.8 Å². The Bertz CT molecular complexity index is 930. The van der Waals surface area contributed by atoms with Gasteiger partial charge in [0.2, 0.25) is 0 Å². The Balaban J connectivity index is 1.59. The highest BCUT2D eigenvalue weighted by molar-refractivity contribution is 5.81. The minimum atomic E-state index is -0.438. The van der Waals surface area contributed by atoms with Gasteiger partial charge in [-0.3, -0.25) is 9.78 Å². The van der Waals surface area contributed by atoms with Gasteiger partial charge in [-0.15, -0.1) is 0 Å². The predicted molar refractivity (Wildman–Crippen MR) is 115 cm³/mol. The van der Waals surface area contributed by atoms with E-state index in [4.69, 9.17) is 14.7 Å². The number of nitrogens with zero attached hydrogens (tertiary/aromatic N) is 5.